The summed E-state index contributed by atoms with van der Waals surface area (Å²) in [4.78, 5) is 0. The predicted molar refractivity (Wildman–Crippen MR) is 70.3 cm³/mol. The van der Waals surface area contributed by atoms with Crippen molar-refractivity contribution in [2.24, 2.45) is 0 Å². The van der Waals surface area contributed by atoms with Gasteiger partial charge in [-0.05, 0) is 37.0 Å². The normalized spacial score (nSPS) is 16.4. The molecule has 0 bridgehead atoms. The Labute approximate surface area is 108 Å². The minimum absolute atomic E-state index is 0.269. The van der Waals surface area contributed by atoms with Crippen LogP contribution in [0.3, 0.4) is 0 Å². The predicted octanol–water partition coefficient (Wildman–Crippen LogP) is 3.80. The highest BCUT2D eigenvalue weighted by Crippen LogP contribution is 2.31. The Morgan fingerprint density at radius 2 is 2.00 bits per heavy atom. The molecular weight excluding hydrogens is 236 g/mol. The van der Waals surface area contributed by atoms with Crippen LogP contribution >= 0.6 is 11.6 Å². The average molecular weight is 255 g/mol. The number of fused-ring (bicyclic) bond motifs is 1. The fourth-order valence-electron chi connectivity index (χ4n) is 1.89. The molecule has 3 heteroatoms. The smallest absolute Gasteiger partial charge is 0.161 e. The number of benzene rings is 1. The van der Waals surface area contributed by atoms with Gasteiger partial charge in [0.05, 0.1) is 13.2 Å². The topological polar surface area (TPSA) is 18.5 Å². The van der Waals surface area contributed by atoms with E-state index in [0.717, 1.165) is 50.4 Å². The van der Waals surface area contributed by atoms with Gasteiger partial charge in [0, 0.05) is 11.8 Å². The Bertz CT molecular complexity index is 365. The monoisotopic (exact) mass is 254 g/mol. The molecule has 0 spiro atoms. The number of halogens is 1. The van der Waals surface area contributed by atoms with Crippen molar-refractivity contribution in [3.8, 4) is 11.5 Å². The van der Waals surface area contributed by atoms with Gasteiger partial charge >= 0.3 is 0 Å². The molecule has 0 radical (unpaired) electrons. The van der Waals surface area contributed by atoms with Gasteiger partial charge in [0.1, 0.15) is 0 Å². The van der Waals surface area contributed by atoms with Crippen LogP contribution < -0.4 is 9.47 Å². The van der Waals surface area contributed by atoms with E-state index in [-0.39, 0.29) is 5.38 Å². The first kappa shape index (κ1) is 12.6. The van der Waals surface area contributed by atoms with E-state index in [0.29, 0.717) is 0 Å². The van der Waals surface area contributed by atoms with E-state index in [4.69, 9.17) is 21.1 Å². The van der Waals surface area contributed by atoms with Gasteiger partial charge in [0.15, 0.2) is 11.5 Å². The third kappa shape index (κ3) is 3.53. The van der Waals surface area contributed by atoms with E-state index in [1.807, 2.05) is 6.07 Å². The molecule has 1 aromatic rings. The molecule has 0 N–H and O–H groups in total. The maximum atomic E-state index is 6.13. The highest BCUT2D eigenvalue weighted by molar-refractivity contribution is 6.20. The second-order valence-electron chi connectivity index (χ2n) is 4.38. The number of aryl methyl sites for hydroxylation is 1. The molecule has 0 aliphatic carbocycles. The fraction of sp³-hybridized carbons (Fsp3) is 0.571. The van der Waals surface area contributed by atoms with E-state index >= 15 is 0 Å². The number of alkyl halides is 1. The van der Waals surface area contributed by atoms with Gasteiger partial charge < -0.3 is 9.47 Å². The van der Waals surface area contributed by atoms with Crippen molar-refractivity contribution in [3.63, 3.8) is 0 Å². The molecule has 1 heterocycles. The molecule has 94 valence electrons. The number of hydrogen-bond acceptors (Lipinski definition) is 2. The summed E-state index contributed by atoms with van der Waals surface area (Å²) in [6.45, 7) is 3.60. The summed E-state index contributed by atoms with van der Waals surface area (Å²) < 4.78 is 11.3. The maximum Gasteiger partial charge on any atom is 0.161 e. The Morgan fingerprint density at radius 3 is 2.76 bits per heavy atom. The first-order valence-corrected chi connectivity index (χ1v) is 6.76. The highest BCUT2D eigenvalue weighted by atomic mass is 35.5. The Kier molecular flexibility index (Phi) is 4.55. The molecule has 2 nitrogen and oxygen atoms in total. The highest BCUT2D eigenvalue weighted by Gasteiger charge is 2.11. The molecule has 1 aliphatic rings. The van der Waals surface area contributed by atoms with Crippen molar-refractivity contribution in [2.45, 2.75) is 38.0 Å². The minimum Gasteiger partial charge on any atom is -0.490 e. The van der Waals surface area contributed by atoms with E-state index in [1.54, 1.807) is 0 Å². The zero-order valence-corrected chi connectivity index (χ0v) is 11.0. The lowest BCUT2D eigenvalue weighted by Gasteiger charge is -2.10. The third-order valence-corrected chi connectivity index (χ3v) is 3.53. The lowest BCUT2D eigenvalue weighted by atomic mass is 10.1. The molecule has 1 unspecified atom stereocenters. The third-order valence-electron chi connectivity index (χ3n) is 3.00. The standard InChI is InChI=1S/C14H19ClO2/c1-2-12(15)6-4-11-5-7-13-14(10-11)17-9-3-8-16-13/h5,7,10,12H,2-4,6,8-9H2,1H3. The van der Waals surface area contributed by atoms with Crippen LogP contribution in [-0.4, -0.2) is 18.6 Å². The van der Waals surface area contributed by atoms with Crippen LogP contribution in [0.4, 0.5) is 0 Å². The number of ether oxygens (including phenoxy) is 2. The zero-order chi connectivity index (χ0) is 12.1. The molecule has 0 amide bonds. The fourth-order valence-corrected chi connectivity index (χ4v) is 2.00. The SMILES string of the molecule is CCC(Cl)CCc1ccc2c(c1)OCCCO2. The van der Waals surface area contributed by atoms with Crippen LogP contribution in [0.2, 0.25) is 0 Å². The molecule has 0 aromatic heterocycles. The van der Waals surface area contributed by atoms with Crippen molar-refractivity contribution in [1.82, 2.24) is 0 Å². The molecule has 17 heavy (non-hydrogen) atoms. The minimum atomic E-state index is 0.269. The van der Waals surface area contributed by atoms with Crippen LogP contribution in [0, 0.1) is 0 Å². The van der Waals surface area contributed by atoms with Crippen molar-refractivity contribution in [1.29, 1.82) is 0 Å². The molecule has 0 saturated heterocycles. The summed E-state index contributed by atoms with van der Waals surface area (Å²) in [6.07, 6.45) is 3.98. The van der Waals surface area contributed by atoms with Crippen molar-refractivity contribution < 1.29 is 9.47 Å². The largest absolute Gasteiger partial charge is 0.490 e. The van der Waals surface area contributed by atoms with E-state index in [2.05, 4.69) is 19.1 Å². The Balaban J connectivity index is 2.02. The van der Waals surface area contributed by atoms with Crippen LogP contribution in [-0.2, 0) is 6.42 Å². The average Bonchev–Trinajstić information content (AvgIpc) is 2.60. The molecule has 1 aromatic carbocycles. The first-order valence-electron chi connectivity index (χ1n) is 6.32. The molecular formula is C14H19ClO2. The van der Waals surface area contributed by atoms with E-state index in [9.17, 15) is 0 Å². The summed E-state index contributed by atoms with van der Waals surface area (Å²) in [5, 5.41) is 0.269. The summed E-state index contributed by atoms with van der Waals surface area (Å²) >= 11 is 6.13. The molecule has 2 rings (SSSR count). The maximum absolute atomic E-state index is 6.13. The summed E-state index contributed by atoms with van der Waals surface area (Å²) in [5.74, 6) is 1.74. The lowest BCUT2D eigenvalue weighted by molar-refractivity contribution is 0.297. The van der Waals surface area contributed by atoms with Crippen molar-refractivity contribution in [2.75, 3.05) is 13.2 Å². The zero-order valence-electron chi connectivity index (χ0n) is 10.2. The Morgan fingerprint density at radius 1 is 1.24 bits per heavy atom. The summed E-state index contributed by atoms with van der Waals surface area (Å²) in [5.41, 5.74) is 1.27. The van der Waals surface area contributed by atoms with Gasteiger partial charge in [0.25, 0.3) is 0 Å². The second kappa shape index (κ2) is 6.15. The summed E-state index contributed by atoms with van der Waals surface area (Å²) in [7, 11) is 0. The lowest BCUT2D eigenvalue weighted by Crippen LogP contribution is -1.99. The number of hydrogen-bond donors (Lipinski definition) is 0. The van der Waals surface area contributed by atoms with Crippen molar-refractivity contribution in [3.05, 3.63) is 23.8 Å². The van der Waals surface area contributed by atoms with Crippen LogP contribution in [0.5, 0.6) is 11.5 Å². The van der Waals surface area contributed by atoms with Gasteiger partial charge in [-0.3, -0.25) is 0 Å². The Hall–Kier alpha value is -0.890. The molecule has 1 aliphatic heterocycles. The van der Waals surface area contributed by atoms with Crippen LogP contribution in [0.15, 0.2) is 18.2 Å². The van der Waals surface area contributed by atoms with Gasteiger partial charge in [-0.2, -0.15) is 0 Å². The van der Waals surface area contributed by atoms with Crippen LogP contribution in [0.25, 0.3) is 0 Å². The second-order valence-corrected chi connectivity index (χ2v) is 4.99. The van der Waals surface area contributed by atoms with Crippen LogP contribution in [0.1, 0.15) is 31.7 Å². The van der Waals surface area contributed by atoms with Gasteiger partial charge in [-0.15, -0.1) is 11.6 Å². The molecule has 0 fully saturated rings. The van der Waals surface area contributed by atoms with Gasteiger partial charge in [-0.1, -0.05) is 13.0 Å². The van der Waals surface area contributed by atoms with Gasteiger partial charge in [-0.25, -0.2) is 0 Å². The van der Waals surface area contributed by atoms with Gasteiger partial charge in [0.2, 0.25) is 0 Å². The summed E-state index contributed by atoms with van der Waals surface area (Å²) in [6, 6.07) is 6.19. The van der Waals surface area contributed by atoms with E-state index < -0.39 is 0 Å². The number of rotatable bonds is 4. The van der Waals surface area contributed by atoms with Crippen molar-refractivity contribution >= 4 is 11.6 Å². The first-order chi connectivity index (χ1) is 8.29. The molecule has 1 atom stereocenters. The quantitative estimate of drug-likeness (QED) is 0.761. The van der Waals surface area contributed by atoms with E-state index in [1.165, 1.54) is 5.56 Å². The molecule has 0 saturated carbocycles.